The van der Waals surface area contributed by atoms with Crippen LogP contribution in [0.25, 0.3) is 32.8 Å². The molecule has 0 saturated carbocycles. The molecule has 3 heterocycles. The fourth-order valence-electron chi connectivity index (χ4n) is 6.39. The lowest BCUT2D eigenvalue weighted by atomic mass is 9.98. The number of ether oxygens (including phenoxy) is 1. The zero-order valence-corrected chi connectivity index (χ0v) is 26.0. The molecule has 0 amide bonds. The van der Waals surface area contributed by atoms with Crippen molar-refractivity contribution in [3.05, 3.63) is 82.1 Å². The highest BCUT2D eigenvalue weighted by atomic mass is 35.5. The Bertz CT molecular complexity index is 1820. The topological polar surface area (TPSA) is 84.0 Å². The zero-order chi connectivity index (χ0) is 31.0. The lowest BCUT2D eigenvalue weighted by molar-refractivity contribution is 0.0682. The number of halogens is 2. The predicted molar refractivity (Wildman–Crippen MR) is 171 cm³/mol. The molecule has 6 rings (SSSR count). The first-order valence-corrected chi connectivity index (χ1v) is 15.3. The Kier molecular flexibility index (Phi) is 8.62. The molecule has 10 heteroatoms. The second-order valence-corrected chi connectivity index (χ2v) is 11.9. The molecule has 8 nitrogen and oxygen atoms in total. The molecule has 5 aromatic rings. The fraction of sp³-hybridized carbons (Fsp3) is 0.353. The minimum atomic E-state index is -0.979. The minimum absolute atomic E-state index is 0.269. The Hall–Kier alpha value is -3.92. The molecule has 2 aromatic heterocycles. The van der Waals surface area contributed by atoms with Gasteiger partial charge >= 0.3 is 5.97 Å². The number of benzene rings is 3. The molecule has 1 aliphatic rings. The first-order chi connectivity index (χ1) is 21.2. The van der Waals surface area contributed by atoms with Crippen molar-refractivity contribution in [2.75, 3.05) is 46.4 Å². The van der Waals surface area contributed by atoms with Gasteiger partial charge < -0.3 is 23.8 Å². The average Bonchev–Trinajstić information content (AvgIpc) is 3.50. The molecule has 0 aliphatic carbocycles. The fourth-order valence-corrected chi connectivity index (χ4v) is 6.63. The Balaban J connectivity index is 1.36. The standard InChI is InChI=1S/C34H36ClFN4O4/c1-21-30(22(2)44-37-21)31-28(35)12-11-27-26(7-5-19-43-29-8-4-6-23-20-24(36)9-10-25(23)29)33(34(41)42)40(32(27)31)18-17-39-15-13-38(3)14-16-39/h4,6,8-12,20H,5,7,13-19H2,1-3H3,(H,41,42). The van der Waals surface area contributed by atoms with Crippen LogP contribution in [0.5, 0.6) is 5.75 Å². The summed E-state index contributed by atoms with van der Waals surface area (Å²) < 4.78 is 27.3. The summed E-state index contributed by atoms with van der Waals surface area (Å²) >= 11 is 6.88. The Morgan fingerprint density at radius 1 is 1.05 bits per heavy atom. The number of hydrogen-bond donors (Lipinski definition) is 1. The van der Waals surface area contributed by atoms with E-state index in [0.29, 0.717) is 48.2 Å². The van der Waals surface area contributed by atoms with Crippen LogP contribution in [0.2, 0.25) is 5.02 Å². The Morgan fingerprint density at radius 3 is 2.55 bits per heavy atom. The van der Waals surface area contributed by atoms with Crippen molar-refractivity contribution in [3.8, 4) is 16.9 Å². The second kappa shape index (κ2) is 12.6. The monoisotopic (exact) mass is 618 g/mol. The number of aryl methyl sites for hydroxylation is 3. The largest absolute Gasteiger partial charge is 0.493 e. The summed E-state index contributed by atoms with van der Waals surface area (Å²) in [4.78, 5) is 17.7. The van der Waals surface area contributed by atoms with Crippen LogP contribution in [0.15, 0.2) is 53.1 Å². The molecule has 3 aromatic carbocycles. The highest BCUT2D eigenvalue weighted by Gasteiger charge is 2.28. The van der Waals surface area contributed by atoms with Crippen LogP contribution >= 0.6 is 11.6 Å². The molecule has 0 radical (unpaired) electrons. The summed E-state index contributed by atoms with van der Waals surface area (Å²) in [5, 5.41) is 17.8. The van der Waals surface area contributed by atoms with E-state index in [4.69, 9.17) is 20.9 Å². The van der Waals surface area contributed by atoms with Gasteiger partial charge in [0, 0.05) is 55.6 Å². The number of piperazine rings is 1. The predicted octanol–water partition coefficient (Wildman–Crippen LogP) is 6.82. The van der Waals surface area contributed by atoms with E-state index < -0.39 is 5.97 Å². The molecule has 0 atom stereocenters. The Labute approximate surface area is 260 Å². The molecule has 44 heavy (non-hydrogen) atoms. The number of hydrogen-bond acceptors (Lipinski definition) is 6. The molecule has 1 N–H and O–H groups in total. The van der Waals surface area contributed by atoms with Crippen LogP contribution in [0, 0.1) is 19.7 Å². The number of likely N-dealkylation sites (N-methyl/N-ethyl adjacent to an activating group) is 1. The summed E-state index contributed by atoms with van der Waals surface area (Å²) in [5.41, 5.74) is 4.03. The molecule has 230 valence electrons. The molecule has 0 unspecified atom stereocenters. The van der Waals surface area contributed by atoms with E-state index in [1.165, 1.54) is 12.1 Å². The van der Waals surface area contributed by atoms with Gasteiger partial charge in [0.15, 0.2) is 0 Å². The third kappa shape index (κ3) is 5.79. The van der Waals surface area contributed by atoms with Crippen LogP contribution in [-0.2, 0) is 13.0 Å². The normalized spacial score (nSPS) is 14.6. The summed E-state index contributed by atoms with van der Waals surface area (Å²) in [6.07, 6.45) is 1.07. The van der Waals surface area contributed by atoms with Gasteiger partial charge in [0.1, 0.15) is 23.0 Å². The lowest BCUT2D eigenvalue weighted by Gasteiger charge is -2.32. The summed E-state index contributed by atoms with van der Waals surface area (Å²) in [7, 11) is 2.12. The summed E-state index contributed by atoms with van der Waals surface area (Å²) in [6.45, 7) is 9.12. The third-order valence-electron chi connectivity index (χ3n) is 8.63. The average molecular weight is 619 g/mol. The third-order valence-corrected chi connectivity index (χ3v) is 8.95. The van der Waals surface area contributed by atoms with Gasteiger partial charge in [0.25, 0.3) is 0 Å². The Morgan fingerprint density at radius 2 is 1.82 bits per heavy atom. The summed E-state index contributed by atoms with van der Waals surface area (Å²) in [5.74, 6) is 0.0249. The molecular formula is C34H36ClFN4O4. The SMILES string of the molecule is Cc1noc(C)c1-c1c(Cl)ccc2c(CCCOc3cccc4cc(F)ccc34)c(C(=O)O)n(CCN3CCN(C)CC3)c12. The van der Waals surface area contributed by atoms with Gasteiger partial charge in [0.2, 0.25) is 0 Å². The number of fused-ring (bicyclic) bond motifs is 2. The lowest BCUT2D eigenvalue weighted by Crippen LogP contribution is -2.45. The van der Waals surface area contributed by atoms with E-state index in [1.807, 2.05) is 48.7 Å². The molecule has 0 spiro atoms. The minimum Gasteiger partial charge on any atom is -0.493 e. The van der Waals surface area contributed by atoms with Crippen molar-refractivity contribution in [3.63, 3.8) is 0 Å². The molecule has 1 aliphatic heterocycles. The molecular weight excluding hydrogens is 583 g/mol. The van der Waals surface area contributed by atoms with E-state index >= 15 is 0 Å². The van der Waals surface area contributed by atoms with E-state index in [0.717, 1.165) is 71.1 Å². The first-order valence-electron chi connectivity index (χ1n) is 14.9. The van der Waals surface area contributed by atoms with Crippen molar-refractivity contribution in [1.82, 2.24) is 19.5 Å². The first kappa shape index (κ1) is 30.1. The summed E-state index contributed by atoms with van der Waals surface area (Å²) in [6, 6.07) is 13.9. The van der Waals surface area contributed by atoms with Crippen molar-refractivity contribution < 1.29 is 23.6 Å². The number of aromatic nitrogens is 2. The quantitative estimate of drug-likeness (QED) is 0.172. The van der Waals surface area contributed by atoms with Gasteiger partial charge in [-0.3, -0.25) is 4.90 Å². The maximum atomic E-state index is 13.7. The van der Waals surface area contributed by atoms with Crippen LogP contribution in [0.3, 0.4) is 0 Å². The van der Waals surface area contributed by atoms with E-state index in [2.05, 4.69) is 22.0 Å². The molecule has 1 saturated heterocycles. The van der Waals surface area contributed by atoms with Crippen molar-refractivity contribution in [2.45, 2.75) is 33.2 Å². The zero-order valence-electron chi connectivity index (χ0n) is 25.2. The van der Waals surface area contributed by atoms with E-state index in [9.17, 15) is 14.3 Å². The highest BCUT2D eigenvalue weighted by Crippen LogP contribution is 2.42. The maximum absolute atomic E-state index is 13.7. The van der Waals surface area contributed by atoms with Crippen molar-refractivity contribution in [1.29, 1.82) is 0 Å². The second-order valence-electron chi connectivity index (χ2n) is 11.5. The van der Waals surface area contributed by atoms with Gasteiger partial charge in [-0.2, -0.15) is 0 Å². The van der Waals surface area contributed by atoms with Gasteiger partial charge in [-0.15, -0.1) is 0 Å². The van der Waals surface area contributed by atoms with Crippen LogP contribution in [0.4, 0.5) is 4.39 Å². The number of aromatic carboxylic acids is 1. The molecule has 1 fully saturated rings. The van der Waals surface area contributed by atoms with Gasteiger partial charge in [-0.05, 0) is 75.0 Å². The van der Waals surface area contributed by atoms with E-state index in [1.54, 1.807) is 6.07 Å². The number of carboxylic acid groups (broad SMARTS) is 1. The van der Waals surface area contributed by atoms with Gasteiger partial charge in [0.05, 0.1) is 28.4 Å². The number of rotatable bonds is 10. The highest BCUT2D eigenvalue weighted by molar-refractivity contribution is 6.35. The van der Waals surface area contributed by atoms with Gasteiger partial charge in [-0.1, -0.05) is 35.0 Å². The molecule has 0 bridgehead atoms. The number of carboxylic acids is 1. The van der Waals surface area contributed by atoms with Crippen LogP contribution < -0.4 is 4.74 Å². The van der Waals surface area contributed by atoms with E-state index in [-0.39, 0.29) is 11.5 Å². The maximum Gasteiger partial charge on any atom is 0.352 e. The van der Waals surface area contributed by atoms with Gasteiger partial charge in [-0.25, -0.2) is 9.18 Å². The number of carbonyl (C=O) groups is 1. The number of nitrogens with zero attached hydrogens (tertiary/aromatic N) is 4. The van der Waals surface area contributed by atoms with Crippen molar-refractivity contribution >= 4 is 39.2 Å². The van der Waals surface area contributed by atoms with Crippen LogP contribution in [0.1, 0.15) is 33.9 Å². The van der Waals surface area contributed by atoms with Crippen molar-refractivity contribution in [2.24, 2.45) is 0 Å². The van der Waals surface area contributed by atoms with Crippen LogP contribution in [-0.4, -0.2) is 77.0 Å². The smallest absolute Gasteiger partial charge is 0.352 e.